The molecule has 0 spiro atoms. The van der Waals surface area contributed by atoms with Gasteiger partial charge in [0.2, 0.25) is 0 Å². The monoisotopic (exact) mass is 242 g/mol. The Morgan fingerprint density at radius 1 is 1.17 bits per heavy atom. The molecule has 0 aliphatic carbocycles. The molecule has 0 radical (unpaired) electrons. The highest BCUT2D eigenvalue weighted by molar-refractivity contribution is 5.58. The van der Waals surface area contributed by atoms with Crippen LogP contribution in [0.15, 0.2) is 24.4 Å². The summed E-state index contributed by atoms with van der Waals surface area (Å²) in [5.74, 6) is 1.20. The van der Waals surface area contributed by atoms with E-state index in [0.717, 1.165) is 5.69 Å². The fourth-order valence-corrected chi connectivity index (χ4v) is 2.13. The van der Waals surface area contributed by atoms with Crippen LogP contribution in [-0.2, 0) is 6.54 Å². The van der Waals surface area contributed by atoms with Crippen LogP contribution in [0.5, 0.6) is 0 Å². The van der Waals surface area contributed by atoms with E-state index in [9.17, 15) is 0 Å². The molecular formula is C14H18N4. The SMILES string of the molecule is Cc1cc(C)c(NCc2nccc(N)n2)c(C)c1. The van der Waals surface area contributed by atoms with E-state index in [1.165, 1.54) is 16.7 Å². The topological polar surface area (TPSA) is 63.8 Å². The lowest BCUT2D eigenvalue weighted by atomic mass is 10.1. The average molecular weight is 242 g/mol. The van der Waals surface area contributed by atoms with E-state index in [2.05, 4.69) is 48.2 Å². The molecule has 0 fully saturated rings. The number of hydrogen-bond acceptors (Lipinski definition) is 4. The van der Waals surface area contributed by atoms with Crippen molar-refractivity contribution >= 4 is 11.5 Å². The molecule has 0 saturated carbocycles. The van der Waals surface area contributed by atoms with Crippen LogP contribution in [0.1, 0.15) is 22.5 Å². The van der Waals surface area contributed by atoms with E-state index in [-0.39, 0.29) is 0 Å². The minimum absolute atomic E-state index is 0.499. The van der Waals surface area contributed by atoms with Crippen molar-refractivity contribution < 1.29 is 0 Å². The summed E-state index contributed by atoms with van der Waals surface area (Å²) in [5.41, 5.74) is 10.5. The zero-order valence-corrected chi connectivity index (χ0v) is 11.0. The van der Waals surface area contributed by atoms with Crippen LogP contribution in [0.25, 0.3) is 0 Å². The number of benzene rings is 1. The molecule has 4 heteroatoms. The van der Waals surface area contributed by atoms with Crippen LogP contribution in [0.3, 0.4) is 0 Å². The first-order valence-electron chi connectivity index (χ1n) is 5.95. The third-order valence-electron chi connectivity index (χ3n) is 2.83. The molecule has 2 aromatic rings. The van der Waals surface area contributed by atoms with E-state index in [0.29, 0.717) is 18.2 Å². The maximum absolute atomic E-state index is 5.63. The summed E-state index contributed by atoms with van der Waals surface area (Å²) in [6, 6.07) is 6.01. The summed E-state index contributed by atoms with van der Waals surface area (Å²) < 4.78 is 0. The van der Waals surface area contributed by atoms with E-state index >= 15 is 0 Å². The highest BCUT2D eigenvalue weighted by atomic mass is 15.0. The Labute approximate surface area is 107 Å². The average Bonchev–Trinajstić information content (AvgIpc) is 2.27. The summed E-state index contributed by atoms with van der Waals surface area (Å²) in [4.78, 5) is 8.35. The number of aromatic nitrogens is 2. The van der Waals surface area contributed by atoms with Crippen LogP contribution in [0, 0.1) is 20.8 Å². The van der Waals surface area contributed by atoms with E-state index in [1.54, 1.807) is 12.3 Å². The quantitative estimate of drug-likeness (QED) is 0.868. The summed E-state index contributed by atoms with van der Waals surface area (Å²) in [6.45, 7) is 6.88. The molecule has 1 heterocycles. The molecule has 3 N–H and O–H groups in total. The van der Waals surface area contributed by atoms with Gasteiger partial charge in [0, 0.05) is 11.9 Å². The van der Waals surface area contributed by atoms with E-state index in [4.69, 9.17) is 5.73 Å². The fraction of sp³-hybridized carbons (Fsp3) is 0.286. The number of nitrogen functional groups attached to an aromatic ring is 1. The van der Waals surface area contributed by atoms with Gasteiger partial charge in [0.1, 0.15) is 11.6 Å². The predicted molar refractivity (Wildman–Crippen MR) is 74.4 cm³/mol. The molecule has 0 saturated heterocycles. The van der Waals surface area contributed by atoms with Gasteiger partial charge in [-0.15, -0.1) is 0 Å². The van der Waals surface area contributed by atoms with Gasteiger partial charge < -0.3 is 11.1 Å². The lowest BCUT2D eigenvalue weighted by Gasteiger charge is -2.13. The second-order valence-corrected chi connectivity index (χ2v) is 4.53. The molecule has 1 aromatic heterocycles. The molecule has 0 atom stereocenters. The third-order valence-corrected chi connectivity index (χ3v) is 2.83. The van der Waals surface area contributed by atoms with E-state index < -0.39 is 0 Å². The van der Waals surface area contributed by atoms with Gasteiger partial charge in [-0.3, -0.25) is 0 Å². The van der Waals surface area contributed by atoms with Crippen molar-refractivity contribution in [2.75, 3.05) is 11.1 Å². The third kappa shape index (κ3) is 2.77. The second-order valence-electron chi connectivity index (χ2n) is 4.53. The molecule has 0 unspecified atom stereocenters. The molecule has 2 rings (SSSR count). The normalized spacial score (nSPS) is 10.4. The summed E-state index contributed by atoms with van der Waals surface area (Å²) >= 11 is 0. The Balaban J connectivity index is 2.16. The first-order chi connectivity index (χ1) is 8.56. The molecule has 0 bridgehead atoms. The van der Waals surface area contributed by atoms with Crippen molar-refractivity contribution in [3.05, 3.63) is 46.9 Å². The number of nitrogens with two attached hydrogens (primary N) is 1. The Kier molecular flexibility index (Phi) is 3.46. The second kappa shape index (κ2) is 5.04. The van der Waals surface area contributed by atoms with Crippen molar-refractivity contribution in [3.63, 3.8) is 0 Å². The highest BCUT2D eigenvalue weighted by Crippen LogP contribution is 2.22. The number of aryl methyl sites for hydroxylation is 3. The van der Waals surface area contributed by atoms with Crippen molar-refractivity contribution in [1.82, 2.24) is 9.97 Å². The Morgan fingerprint density at radius 2 is 1.83 bits per heavy atom. The molecule has 94 valence electrons. The van der Waals surface area contributed by atoms with Crippen molar-refractivity contribution in [2.45, 2.75) is 27.3 Å². The summed E-state index contributed by atoms with van der Waals surface area (Å²) in [5, 5.41) is 3.37. The number of nitrogens with one attached hydrogen (secondary N) is 1. The lowest BCUT2D eigenvalue weighted by molar-refractivity contribution is 0.950. The van der Waals surface area contributed by atoms with Gasteiger partial charge in [-0.2, -0.15) is 0 Å². The van der Waals surface area contributed by atoms with Crippen LogP contribution < -0.4 is 11.1 Å². The van der Waals surface area contributed by atoms with E-state index in [1.807, 2.05) is 0 Å². The Bertz CT molecular complexity index is 540. The molecule has 0 aliphatic rings. The zero-order valence-electron chi connectivity index (χ0n) is 11.0. The Hall–Kier alpha value is -2.10. The molecule has 0 aliphatic heterocycles. The number of nitrogens with zero attached hydrogens (tertiary/aromatic N) is 2. The van der Waals surface area contributed by atoms with Crippen molar-refractivity contribution in [2.24, 2.45) is 0 Å². The van der Waals surface area contributed by atoms with Gasteiger partial charge in [0.05, 0.1) is 6.54 Å². The van der Waals surface area contributed by atoms with Gasteiger partial charge in [0.15, 0.2) is 0 Å². The molecule has 1 aromatic carbocycles. The highest BCUT2D eigenvalue weighted by Gasteiger charge is 2.04. The van der Waals surface area contributed by atoms with Gasteiger partial charge in [-0.05, 0) is 38.0 Å². The molecule has 0 amide bonds. The number of hydrogen-bond donors (Lipinski definition) is 2. The standard InChI is InChI=1S/C14H18N4/c1-9-6-10(2)14(11(3)7-9)17-8-13-16-5-4-12(15)18-13/h4-7,17H,8H2,1-3H3,(H2,15,16,18). The largest absolute Gasteiger partial charge is 0.384 e. The van der Waals surface area contributed by atoms with Gasteiger partial charge in [0.25, 0.3) is 0 Å². The molecule has 4 nitrogen and oxygen atoms in total. The Morgan fingerprint density at radius 3 is 2.44 bits per heavy atom. The zero-order chi connectivity index (χ0) is 13.1. The fourth-order valence-electron chi connectivity index (χ4n) is 2.13. The van der Waals surface area contributed by atoms with Gasteiger partial charge >= 0.3 is 0 Å². The first kappa shape index (κ1) is 12.4. The first-order valence-corrected chi connectivity index (χ1v) is 5.95. The van der Waals surface area contributed by atoms with Gasteiger partial charge in [-0.1, -0.05) is 17.7 Å². The minimum atomic E-state index is 0.499. The molecular weight excluding hydrogens is 224 g/mol. The predicted octanol–water partition coefficient (Wildman–Crippen LogP) is 2.60. The van der Waals surface area contributed by atoms with Gasteiger partial charge in [-0.25, -0.2) is 9.97 Å². The lowest BCUT2D eigenvalue weighted by Crippen LogP contribution is -2.07. The minimum Gasteiger partial charge on any atom is -0.384 e. The number of anilines is 2. The van der Waals surface area contributed by atoms with Crippen LogP contribution >= 0.6 is 0 Å². The summed E-state index contributed by atoms with van der Waals surface area (Å²) in [7, 11) is 0. The smallest absolute Gasteiger partial charge is 0.149 e. The number of rotatable bonds is 3. The molecule has 18 heavy (non-hydrogen) atoms. The van der Waals surface area contributed by atoms with Crippen molar-refractivity contribution in [1.29, 1.82) is 0 Å². The maximum atomic E-state index is 5.63. The maximum Gasteiger partial charge on any atom is 0.149 e. The summed E-state index contributed by atoms with van der Waals surface area (Å²) in [6.07, 6.45) is 1.67. The van der Waals surface area contributed by atoms with Crippen LogP contribution in [0.2, 0.25) is 0 Å². The van der Waals surface area contributed by atoms with Crippen molar-refractivity contribution in [3.8, 4) is 0 Å². The van der Waals surface area contributed by atoms with Crippen LogP contribution in [0.4, 0.5) is 11.5 Å². The van der Waals surface area contributed by atoms with Crippen LogP contribution in [-0.4, -0.2) is 9.97 Å².